The molecule has 1 heterocycles. The SMILES string of the molecule is CNCc1cc(S(=O)(=O)NCc2ccc(Br)s2)ccc1C. The number of hydrogen-bond acceptors (Lipinski definition) is 4. The van der Waals surface area contributed by atoms with Crippen molar-refractivity contribution in [3.05, 3.63) is 50.1 Å². The fraction of sp³-hybridized carbons (Fsp3) is 0.286. The van der Waals surface area contributed by atoms with Crippen molar-refractivity contribution in [3.8, 4) is 0 Å². The summed E-state index contributed by atoms with van der Waals surface area (Å²) in [6.07, 6.45) is 0. The van der Waals surface area contributed by atoms with Crippen molar-refractivity contribution in [3.63, 3.8) is 0 Å². The van der Waals surface area contributed by atoms with E-state index >= 15 is 0 Å². The molecule has 0 radical (unpaired) electrons. The van der Waals surface area contributed by atoms with Crippen molar-refractivity contribution in [1.29, 1.82) is 0 Å². The van der Waals surface area contributed by atoms with E-state index in [1.807, 2.05) is 32.2 Å². The summed E-state index contributed by atoms with van der Waals surface area (Å²) in [6.45, 7) is 2.92. The molecule has 2 rings (SSSR count). The lowest BCUT2D eigenvalue weighted by atomic mass is 10.1. The minimum absolute atomic E-state index is 0.299. The number of rotatable bonds is 6. The molecule has 2 N–H and O–H groups in total. The zero-order chi connectivity index (χ0) is 15.5. The van der Waals surface area contributed by atoms with Crippen LogP contribution >= 0.6 is 27.3 Å². The van der Waals surface area contributed by atoms with E-state index < -0.39 is 10.0 Å². The maximum atomic E-state index is 12.3. The third-order valence-electron chi connectivity index (χ3n) is 3.06. The molecule has 2 aromatic rings. The lowest BCUT2D eigenvalue weighted by Crippen LogP contribution is -2.23. The fourth-order valence-electron chi connectivity index (χ4n) is 1.89. The van der Waals surface area contributed by atoms with E-state index in [1.165, 1.54) is 11.3 Å². The maximum absolute atomic E-state index is 12.3. The quantitative estimate of drug-likeness (QED) is 0.799. The monoisotopic (exact) mass is 388 g/mol. The van der Waals surface area contributed by atoms with Gasteiger partial charge in [-0.1, -0.05) is 6.07 Å². The van der Waals surface area contributed by atoms with Gasteiger partial charge in [0.15, 0.2) is 0 Å². The lowest BCUT2D eigenvalue weighted by molar-refractivity contribution is 0.581. The number of hydrogen-bond donors (Lipinski definition) is 2. The molecule has 114 valence electrons. The van der Waals surface area contributed by atoms with E-state index in [9.17, 15) is 8.42 Å². The molecule has 0 unspecified atom stereocenters. The maximum Gasteiger partial charge on any atom is 0.240 e. The Morgan fingerprint density at radius 2 is 1.95 bits per heavy atom. The zero-order valence-corrected chi connectivity index (χ0v) is 15.0. The van der Waals surface area contributed by atoms with Crippen LogP contribution in [0.15, 0.2) is 39.0 Å². The predicted octanol–water partition coefficient (Wildman–Crippen LogP) is 3.02. The van der Waals surface area contributed by atoms with Crippen molar-refractivity contribution in [2.45, 2.75) is 24.9 Å². The molecule has 0 saturated heterocycles. The lowest BCUT2D eigenvalue weighted by Gasteiger charge is -2.10. The Hall–Kier alpha value is -0.730. The van der Waals surface area contributed by atoms with Gasteiger partial charge >= 0.3 is 0 Å². The highest BCUT2D eigenvalue weighted by Gasteiger charge is 2.15. The molecule has 0 fully saturated rings. The van der Waals surface area contributed by atoms with Crippen LogP contribution in [0.25, 0.3) is 0 Å². The van der Waals surface area contributed by atoms with E-state index in [1.54, 1.807) is 12.1 Å². The molecule has 1 aromatic heterocycles. The molecule has 0 aliphatic rings. The number of halogens is 1. The number of thiophene rings is 1. The van der Waals surface area contributed by atoms with E-state index in [4.69, 9.17) is 0 Å². The van der Waals surface area contributed by atoms with Gasteiger partial charge in [0.05, 0.1) is 8.68 Å². The molecule has 0 amide bonds. The second-order valence-electron chi connectivity index (χ2n) is 4.65. The molecule has 0 atom stereocenters. The smallest absolute Gasteiger partial charge is 0.240 e. The van der Waals surface area contributed by atoms with Gasteiger partial charge in [-0.05, 0) is 65.3 Å². The molecule has 1 aromatic carbocycles. The molecule has 21 heavy (non-hydrogen) atoms. The summed E-state index contributed by atoms with van der Waals surface area (Å²) >= 11 is 4.88. The first-order valence-electron chi connectivity index (χ1n) is 6.40. The van der Waals surface area contributed by atoms with Gasteiger partial charge in [-0.2, -0.15) is 0 Å². The predicted molar refractivity (Wildman–Crippen MR) is 90.0 cm³/mol. The van der Waals surface area contributed by atoms with E-state index in [2.05, 4.69) is 26.0 Å². The van der Waals surface area contributed by atoms with Crippen LogP contribution in [0.2, 0.25) is 0 Å². The molecule has 0 aliphatic heterocycles. The Morgan fingerprint density at radius 3 is 2.57 bits per heavy atom. The van der Waals surface area contributed by atoms with Gasteiger partial charge in [0.2, 0.25) is 10.0 Å². The standard InChI is InChI=1S/C14H17BrN2O2S2/c1-10-3-5-13(7-11(10)8-16-2)21(18,19)17-9-12-4-6-14(15)20-12/h3-7,16-17H,8-9H2,1-2H3. The highest BCUT2D eigenvalue weighted by molar-refractivity contribution is 9.11. The van der Waals surface area contributed by atoms with Crippen LogP contribution in [0.5, 0.6) is 0 Å². The van der Waals surface area contributed by atoms with Crippen LogP contribution in [-0.2, 0) is 23.1 Å². The van der Waals surface area contributed by atoms with Gasteiger partial charge in [-0.25, -0.2) is 13.1 Å². The minimum Gasteiger partial charge on any atom is -0.316 e. The highest BCUT2D eigenvalue weighted by atomic mass is 79.9. The average Bonchev–Trinajstić information content (AvgIpc) is 2.85. The van der Waals surface area contributed by atoms with Crippen LogP contribution in [0, 0.1) is 6.92 Å². The van der Waals surface area contributed by atoms with Gasteiger partial charge in [0.25, 0.3) is 0 Å². The Kier molecular flexibility index (Phi) is 5.56. The van der Waals surface area contributed by atoms with Crippen LogP contribution in [0.1, 0.15) is 16.0 Å². The summed E-state index contributed by atoms with van der Waals surface area (Å²) in [5.41, 5.74) is 2.06. The van der Waals surface area contributed by atoms with E-state index in [-0.39, 0.29) is 0 Å². The third kappa shape index (κ3) is 4.37. The molecular formula is C14H17BrN2O2S2. The molecule has 0 spiro atoms. The van der Waals surface area contributed by atoms with Crippen LogP contribution in [0.3, 0.4) is 0 Å². The van der Waals surface area contributed by atoms with Crippen molar-refractivity contribution < 1.29 is 8.42 Å². The van der Waals surface area contributed by atoms with Crippen molar-refractivity contribution in [2.75, 3.05) is 7.05 Å². The van der Waals surface area contributed by atoms with Gasteiger partial charge in [-0.3, -0.25) is 0 Å². The largest absolute Gasteiger partial charge is 0.316 e. The van der Waals surface area contributed by atoms with Crippen molar-refractivity contribution >= 4 is 37.3 Å². The molecule has 0 saturated carbocycles. The molecule has 7 heteroatoms. The highest BCUT2D eigenvalue weighted by Crippen LogP contribution is 2.22. The van der Waals surface area contributed by atoms with E-state index in [0.717, 1.165) is 19.8 Å². The average molecular weight is 389 g/mol. The molecular weight excluding hydrogens is 372 g/mol. The van der Waals surface area contributed by atoms with Crippen molar-refractivity contribution in [1.82, 2.24) is 10.0 Å². The summed E-state index contributed by atoms with van der Waals surface area (Å²) in [5, 5.41) is 3.05. The van der Waals surface area contributed by atoms with Crippen LogP contribution < -0.4 is 10.0 Å². The Labute approximate surface area is 137 Å². The van der Waals surface area contributed by atoms with Gasteiger partial charge in [-0.15, -0.1) is 11.3 Å². The topological polar surface area (TPSA) is 58.2 Å². The summed E-state index contributed by atoms with van der Waals surface area (Å²) < 4.78 is 28.3. The molecule has 0 aliphatic carbocycles. The first kappa shape index (κ1) is 16.6. The number of nitrogens with one attached hydrogen (secondary N) is 2. The minimum atomic E-state index is -3.49. The molecule has 0 bridgehead atoms. The Bertz CT molecular complexity index is 726. The summed E-state index contributed by atoms with van der Waals surface area (Å²) in [5.74, 6) is 0. The van der Waals surface area contributed by atoms with E-state index in [0.29, 0.717) is 18.0 Å². The Balaban J connectivity index is 2.17. The summed E-state index contributed by atoms with van der Waals surface area (Å²) in [6, 6.07) is 9.01. The third-order valence-corrected chi connectivity index (χ3v) is 6.09. The Morgan fingerprint density at radius 1 is 1.19 bits per heavy atom. The first-order chi connectivity index (χ1) is 9.92. The van der Waals surface area contributed by atoms with Crippen molar-refractivity contribution in [2.24, 2.45) is 0 Å². The number of aryl methyl sites for hydroxylation is 1. The van der Waals surface area contributed by atoms with Gasteiger partial charge < -0.3 is 5.32 Å². The van der Waals surface area contributed by atoms with Gasteiger partial charge in [0.1, 0.15) is 0 Å². The zero-order valence-electron chi connectivity index (χ0n) is 11.8. The van der Waals surface area contributed by atoms with Crippen LogP contribution in [-0.4, -0.2) is 15.5 Å². The van der Waals surface area contributed by atoms with Crippen LogP contribution in [0.4, 0.5) is 0 Å². The van der Waals surface area contributed by atoms with Gasteiger partial charge in [0, 0.05) is 18.0 Å². The first-order valence-corrected chi connectivity index (χ1v) is 9.49. The second-order valence-corrected chi connectivity index (χ2v) is 8.96. The number of sulfonamides is 1. The fourth-order valence-corrected chi connectivity index (χ4v) is 4.46. The number of benzene rings is 1. The summed E-state index contributed by atoms with van der Waals surface area (Å²) in [7, 11) is -1.65. The second kappa shape index (κ2) is 7.02. The normalized spacial score (nSPS) is 11.8. The molecule has 4 nitrogen and oxygen atoms in total. The summed E-state index contributed by atoms with van der Waals surface area (Å²) in [4.78, 5) is 1.27.